The molecule has 0 unspecified atom stereocenters. The number of amides is 3. The van der Waals surface area contributed by atoms with E-state index in [4.69, 9.17) is 9.79 Å². The lowest BCUT2D eigenvalue weighted by atomic mass is 9.84. The minimum absolute atomic E-state index is 0.0182. The molecule has 0 radical (unpaired) electrons. The Bertz CT molecular complexity index is 1240. The SMILES string of the molecule is CC(=O)N[C@@H](Cc1ccc(OP(=O)(O)O)cc1)C(=O)N[C@H]1CCCCN(Cc2ccc(C3CCCCC3)cc2)C1=O. The van der Waals surface area contributed by atoms with Crippen molar-refractivity contribution in [3.05, 3.63) is 65.2 Å². The molecule has 1 saturated heterocycles. The van der Waals surface area contributed by atoms with E-state index in [0.717, 1.165) is 18.4 Å². The van der Waals surface area contributed by atoms with Crippen molar-refractivity contribution >= 4 is 25.5 Å². The third kappa shape index (κ3) is 9.42. The monoisotopic (exact) mass is 585 g/mol. The fraction of sp³-hybridized carbons (Fsp3) is 0.500. The number of nitrogens with one attached hydrogen (secondary N) is 2. The molecule has 4 N–H and O–H groups in total. The second kappa shape index (κ2) is 14.1. The van der Waals surface area contributed by atoms with E-state index in [-0.39, 0.29) is 18.1 Å². The second-order valence-corrected chi connectivity index (χ2v) is 12.2. The van der Waals surface area contributed by atoms with E-state index in [1.807, 2.05) is 0 Å². The standard InChI is InChI=1S/C30H40N3O7P/c1-21(34)31-28(19-22-12-16-26(17-13-22)40-41(37,38)39)29(35)32-27-9-5-6-18-33(30(27)36)20-23-10-14-25(15-11-23)24-7-3-2-4-8-24/h10-17,24,27-28H,2-9,18-20H2,1H3,(H,31,34)(H,32,35)(H2,37,38,39)/t27-,28-/m0/s1. The minimum atomic E-state index is -4.69. The Kier molecular flexibility index (Phi) is 10.6. The zero-order valence-electron chi connectivity index (χ0n) is 23.5. The van der Waals surface area contributed by atoms with Crippen molar-refractivity contribution in [1.82, 2.24) is 15.5 Å². The smallest absolute Gasteiger partial charge is 0.404 e. The maximum Gasteiger partial charge on any atom is 0.524 e. The molecule has 0 aromatic heterocycles. The number of likely N-dealkylation sites (tertiary alicyclic amines) is 1. The van der Waals surface area contributed by atoms with E-state index >= 15 is 0 Å². The first-order chi connectivity index (χ1) is 19.6. The molecule has 1 aliphatic carbocycles. The number of rotatable bonds is 10. The highest BCUT2D eigenvalue weighted by molar-refractivity contribution is 7.46. The maximum atomic E-state index is 13.5. The third-order valence-corrected chi connectivity index (χ3v) is 8.26. The van der Waals surface area contributed by atoms with Crippen LogP contribution in [0, 0.1) is 0 Å². The topological polar surface area (TPSA) is 145 Å². The van der Waals surface area contributed by atoms with Crippen molar-refractivity contribution in [3.63, 3.8) is 0 Å². The molecule has 10 nitrogen and oxygen atoms in total. The molecular formula is C30H40N3O7P. The predicted octanol–water partition coefficient (Wildman–Crippen LogP) is 3.95. The van der Waals surface area contributed by atoms with Gasteiger partial charge in [-0.2, -0.15) is 0 Å². The maximum absolute atomic E-state index is 13.5. The number of carbonyl (C=O) groups excluding carboxylic acids is 3. The minimum Gasteiger partial charge on any atom is -0.404 e. The van der Waals surface area contributed by atoms with Crippen LogP contribution in [-0.2, 0) is 31.9 Å². The van der Waals surface area contributed by atoms with Crippen molar-refractivity contribution in [3.8, 4) is 5.75 Å². The summed E-state index contributed by atoms with van der Waals surface area (Å²) in [4.78, 5) is 58.4. The lowest BCUT2D eigenvalue weighted by Gasteiger charge is -2.27. The fourth-order valence-corrected chi connectivity index (χ4v) is 6.13. The molecule has 2 aromatic rings. The van der Waals surface area contributed by atoms with E-state index in [0.29, 0.717) is 31.0 Å². The first kappa shape index (κ1) is 30.8. The summed E-state index contributed by atoms with van der Waals surface area (Å²) in [5.74, 6) is -0.382. The molecule has 0 bridgehead atoms. The van der Waals surface area contributed by atoms with Gasteiger partial charge in [-0.05, 0) is 66.8 Å². The molecule has 41 heavy (non-hydrogen) atoms. The van der Waals surface area contributed by atoms with E-state index in [1.54, 1.807) is 17.0 Å². The quantitative estimate of drug-likeness (QED) is 0.309. The summed E-state index contributed by atoms with van der Waals surface area (Å²) in [5.41, 5.74) is 3.07. The Labute approximate surface area is 241 Å². The molecule has 1 saturated carbocycles. The van der Waals surface area contributed by atoms with Crippen LogP contribution >= 0.6 is 7.82 Å². The van der Waals surface area contributed by atoms with Crippen LogP contribution in [0.25, 0.3) is 0 Å². The Balaban J connectivity index is 1.38. The van der Waals surface area contributed by atoms with Crippen molar-refractivity contribution in [2.45, 2.75) is 89.3 Å². The highest BCUT2D eigenvalue weighted by atomic mass is 31.2. The van der Waals surface area contributed by atoms with Crippen LogP contribution in [0.3, 0.4) is 0 Å². The van der Waals surface area contributed by atoms with Gasteiger partial charge in [0.2, 0.25) is 17.7 Å². The first-order valence-corrected chi connectivity index (χ1v) is 15.9. The molecule has 2 fully saturated rings. The van der Waals surface area contributed by atoms with Crippen molar-refractivity contribution in [1.29, 1.82) is 0 Å². The molecule has 1 aliphatic heterocycles. The number of hydrogen-bond acceptors (Lipinski definition) is 5. The largest absolute Gasteiger partial charge is 0.524 e. The molecular weight excluding hydrogens is 545 g/mol. The molecule has 4 rings (SSSR count). The Morgan fingerprint density at radius 1 is 0.951 bits per heavy atom. The molecule has 11 heteroatoms. The van der Waals surface area contributed by atoms with Crippen LogP contribution in [0.1, 0.15) is 80.9 Å². The predicted molar refractivity (Wildman–Crippen MR) is 154 cm³/mol. The Morgan fingerprint density at radius 2 is 1.59 bits per heavy atom. The number of phosphoric acid groups is 1. The lowest BCUT2D eigenvalue weighted by Crippen LogP contribution is -2.54. The zero-order valence-corrected chi connectivity index (χ0v) is 24.4. The molecule has 2 aliphatic rings. The molecule has 2 aromatic carbocycles. The first-order valence-electron chi connectivity index (χ1n) is 14.4. The second-order valence-electron chi connectivity index (χ2n) is 11.1. The number of hydrogen-bond donors (Lipinski definition) is 4. The van der Waals surface area contributed by atoms with Gasteiger partial charge in [0, 0.05) is 26.4 Å². The van der Waals surface area contributed by atoms with Gasteiger partial charge in [0.25, 0.3) is 0 Å². The van der Waals surface area contributed by atoms with E-state index in [1.165, 1.54) is 56.7 Å². The van der Waals surface area contributed by atoms with Gasteiger partial charge in [-0.3, -0.25) is 24.2 Å². The summed E-state index contributed by atoms with van der Waals surface area (Å²) in [5, 5.41) is 5.52. The lowest BCUT2D eigenvalue weighted by molar-refractivity contribution is -0.137. The van der Waals surface area contributed by atoms with E-state index in [9.17, 15) is 18.9 Å². The zero-order chi connectivity index (χ0) is 29.4. The molecule has 0 spiro atoms. The van der Waals surface area contributed by atoms with Gasteiger partial charge in [-0.15, -0.1) is 0 Å². The van der Waals surface area contributed by atoms with Gasteiger partial charge in [-0.25, -0.2) is 4.57 Å². The Morgan fingerprint density at radius 3 is 2.22 bits per heavy atom. The normalized spacial score (nSPS) is 19.2. The van der Waals surface area contributed by atoms with Gasteiger partial charge in [0.05, 0.1) is 0 Å². The van der Waals surface area contributed by atoms with Crippen molar-refractivity contribution in [2.24, 2.45) is 0 Å². The summed E-state index contributed by atoms with van der Waals surface area (Å²) in [6, 6.07) is 12.9. The molecule has 3 amide bonds. The van der Waals surface area contributed by atoms with E-state index in [2.05, 4.69) is 39.4 Å². The van der Waals surface area contributed by atoms with Gasteiger partial charge in [0.1, 0.15) is 17.8 Å². The molecule has 1 heterocycles. The highest BCUT2D eigenvalue weighted by Crippen LogP contribution is 2.37. The molecule has 2 atom stereocenters. The fourth-order valence-electron chi connectivity index (χ4n) is 5.73. The van der Waals surface area contributed by atoms with Crippen LogP contribution < -0.4 is 15.2 Å². The van der Waals surface area contributed by atoms with Crippen molar-refractivity contribution < 1.29 is 33.3 Å². The van der Waals surface area contributed by atoms with Crippen LogP contribution in [0.15, 0.2) is 48.5 Å². The van der Waals surface area contributed by atoms with Gasteiger partial charge in [0.15, 0.2) is 0 Å². The van der Waals surface area contributed by atoms with Gasteiger partial charge < -0.3 is 20.1 Å². The summed E-state index contributed by atoms with van der Waals surface area (Å²) in [7, 11) is -4.69. The van der Waals surface area contributed by atoms with Gasteiger partial charge >= 0.3 is 7.82 Å². The number of nitrogens with zero attached hydrogens (tertiary/aromatic N) is 1. The van der Waals surface area contributed by atoms with Crippen LogP contribution in [-0.4, -0.2) is 51.0 Å². The average molecular weight is 586 g/mol. The Hall–Kier alpha value is -3.20. The van der Waals surface area contributed by atoms with Gasteiger partial charge in [-0.1, -0.05) is 55.7 Å². The number of carbonyl (C=O) groups is 3. The van der Waals surface area contributed by atoms with Crippen LogP contribution in [0.5, 0.6) is 5.75 Å². The highest BCUT2D eigenvalue weighted by Gasteiger charge is 2.31. The summed E-state index contributed by atoms with van der Waals surface area (Å²) in [6.45, 7) is 2.41. The van der Waals surface area contributed by atoms with Crippen molar-refractivity contribution in [2.75, 3.05) is 6.54 Å². The number of phosphoric ester groups is 1. The van der Waals surface area contributed by atoms with Crippen LogP contribution in [0.4, 0.5) is 0 Å². The van der Waals surface area contributed by atoms with E-state index < -0.39 is 31.7 Å². The summed E-state index contributed by atoms with van der Waals surface area (Å²) in [6.07, 6.45) is 8.64. The number of benzene rings is 2. The third-order valence-electron chi connectivity index (χ3n) is 7.81. The summed E-state index contributed by atoms with van der Waals surface area (Å²) >= 11 is 0. The molecule has 222 valence electrons. The summed E-state index contributed by atoms with van der Waals surface area (Å²) < 4.78 is 15.6. The average Bonchev–Trinajstić information content (AvgIpc) is 3.10. The van der Waals surface area contributed by atoms with Crippen LogP contribution in [0.2, 0.25) is 0 Å².